The fraction of sp³-hybridized carbons (Fsp3) is 0.533. The maximum absolute atomic E-state index is 11.1. The number of rotatable bonds is 6. The Morgan fingerprint density at radius 1 is 1.50 bits per heavy atom. The van der Waals surface area contributed by atoms with E-state index in [1.807, 2.05) is 12.1 Å². The highest BCUT2D eigenvalue weighted by Crippen LogP contribution is 2.31. The van der Waals surface area contributed by atoms with Gasteiger partial charge in [-0.3, -0.25) is 4.79 Å². The fourth-order valence-electron chi connectivity index (χ4n) is 2.88. The molecule has 110 valence electrons. The van der Waals surface area contributed by atoms with Crippen LogP contribution >= 0.6 is 11.6 Å². The number of aliphatic carboxylic acids is 1. The first-order chi connectivity index (χ1) is 9.61. The normalized spacial score (nSPS) is 21.9. The lowest BCUT2D eigenvalue weighted by Gasteiger charge is -2.17. The molecule has 0 aliphatic heterocycles. The monoisotopic (exact) mass is 297 g/mol. The summed E-state index contributed by atoms with van der Waals surface area (Å²) in [4.78, 5) is 11.1. The zero-order valence-electron chi connectivity index (χ0n) is 11.6. The van der Waals surface area contributed by atoms with Crippen molar-refractivity contribution in [1.29, 1.82) is 0 Å². The van der Waals surface area contributed by atoms with Crippen molar-refractivity contribution in [3.8, 4) is 5.75 Å². The maximum Gasteiger partial charge on any atom is 0.306 e. The van der Waals surface area contributed by atoms with Crippen LogP contribution in [0.3, 0.4) is 0 Å². The Hall–Kier alpha value is -1.26. The Labute approximate surface area is 124 Å². The number of hydrogen-bond donors (Lipinski definition) is 2. The van der Waals surface area contributed by atoms with Crippen molar-refractivity contribution in [1.82, 2.24) is 5.32 Å². The molecule has 2 unspecified atom stereocenters. The molecule has 1 aromatic rings. The Morgan fingerprint density at radius 3 is 3.00 bits per heavy atom. The molecule has 1 fully saturated rings. The number of nitrogens with one attached hydrogen (secondary N) is 1. The molecule has 1 aliphatic rings. The van der Waals surface area contributed by atoms with Crippen LogP contribution in [0.25, 0.3) is 0 Å². The van der Waals surface area contributed by atoms with Gasteiger partial charge in [0.2, 0.25) is 0 Å². The minimum atomic E-state index is -0.672. The van der Waals surface area contributed by atoms with Gasteiger partial charge >= 0.3 is 5.97 Å². The fourth-order valence-corrected chi connectivity index (χ4v) is 3.08. The molecule has 2 atom stereocenters. The van der Waals surface area contributed by atoms with Crippen LogP contribution in [-0.4, -0.2) is 24.7 Å². The van der Waals surface area contributed by atoms with Gasteiger partial charge in [0.25, 0.3) is 0 Å². The minimum Gasteiger partial charge on any atom is -0.496 e. The predicted octanol–water partition coefficient (Wildman–Crippen LogP) is 2.94. The molecule has 2 N–H and O–H groups in total. The van der Waals surface area contributed by atoms with Crippen LogP contribution in [0.2, 0.25) is 5.02 Å². The molecule has 1 saturated carbocycles. The van der Waals surface area contributed by atoms with E-state index in [1.165, 1.54) is 0 Å². The lowest BCUT2D eigenvalue weighted by atomic mass is 9.96. The topological polar surface area (TPSA) is 58.6 Å². The van der Waals surface area contributed by atoms with E-state index >= 15 is 0 Å². The number of halogens is 1. The summed E-state index contributed by atoms with van der Waals surface area (Å²) in [7, 11) is 1.63. The number of hydrogen-bond acceptors (Lipinski definition) is 3. The molecule has 0 bridgehead atoms. The molecule has 0 aromatic heterocycles. The summed E-state index contributed by atoms with van der Waals surface area (Å²) in [5.74, 6) is 0.138. The summed E-state index contributed by atoms with van der Waals surface area (Å²) in [6.07, 6.45) is 2.78. The molecule has 2 rings (SSSR count). The Balaban J connectivity index is 1.90. The van der Waals surface area contributed by atoms with Crippen LogP contribution in [0.15, 0.2) is 18.2 Å². The molecule has 1 aromatic carbocycles. The molecule has 0 saturated heterocycles. The molecule has 5 heteroatoms. The number of carbonyl (C=O) groups is 1. The van der Waals surface area contributed by atoms with E-state index in [-0.39, 0.29) is 11.8 Å². The van der Waals surface area contributed by atoms with Crippen LogP contribution in [0.5, 0.6) is 5.75 Å². The third-order valence-corrected chi connectivity index (χ3v) is 4.18. The van der Waals surface area contributed by atoms with E-state index < -0.39 is 5.97 Å². The van der Waals surface area contributed by atoms with Crippen LogP contribution in [0.1, 0.15) is 24.8 Å². The highest BCUT2D eigenvalue weighted by atomic mass is 35.5. The van der Waals surface area contributed by atoms with E-state index in [2.05, 4.69) is 5.32 Å². The van der Waals surface area contributed by atoms with Crippen LogP contribution < -0.4 is 10.1 Å². The summed E-state index contributed by atoms with van der Waals surface area (Å²) in [5.41, 5.74) is 0.991. The van der Waals surface area contributed by atoms with Gasteiger partial charge in [-0.15, -0.1) is 0 Å². The summed E-state index contributed by atoms with van der Waals surface area (Å²) < 4.78 is 5.29. The first-order valence-electron chi connectivity index (χ1n) is 6.87. The predicted molar refractivity (Wildman–Crippen MR) is 78.2 cm³/mol. The number of carboxylic acid groups (broad SMARTS) is 1. The van der Waals surface area contributed by atoms with E-state index in [4.69, 9.17) is 21.4 Å². The second-order valence-corrected chi connectivity index (χ2v) is 5.66. The Kier molecular flexibility index (Phi) is 5.26. The SMILES string of the molecule is COc1ccc(Cl)cc1CNCC1CCCC1C(=O)O. The molecule has 0 radical (unpaired) electrons. The highest BCUT2D eigenvalue weighted by Gasteiger charge is 2.32. The zero-order chi connectivity index (χ0) is 14.5. The lowest BCUT2D eigenvalue weighted by molar-refractivity contribution is -0.142. The molecule has 4 nitrogen and oxygen atoms in total. The summed E-state index contributed by atoms with van der Waals surface area (Å²) in [6, 6.07) is 5.51. The van der Waals surface area contributed by atoms with Crippen LogP contribution in [0.4, 0.5) is 0 Å². The molecular weight excluding hydrogens is 278 g/mol. The van der Waals surface area contributed by atoms with Crippen molar-refractivity contribution in [3.63, 3.8) is 0 Å². The van der Waals surface area contributed by atoms with E-state index in [0.29, 0.717) is 18.1 Å². The lowest BCUT2D eigenvalue weighted by Crippen LogP contribution is -2.28. The smallest absolute Gasteiger partial charge is 0.306 e. The number of benzene rings is 1. The Bertz CT molecular complexity index is 478. The van der Waals surface area contributed by atoms with Gasteiger partial charge in [0.1, 0.15) is 5.75 Å². The van der Waals surface area contributed by atoms with Crippen molar-refractivity contribution in [2.75, 3.05) is 13.7 Å². The maximum atomic E-state index is 11.1. The van der Waals surface area contributed by atoms with Gasteiger partial charge < -0.3 is 15.2 Å². The van der Waals surface area contributed by atoms with Crippen molar-refractivity contribution < 1.29 is 14.6 Å². The van der Waals surface area contributed by atoms with E-state index in [1.54, 1.807) is 13.2 Å². The second-order valence-electron chi connectivity index (χ2n) is 5.22. The molecule has 0 spiro atoms. The number of methoxy groups -OCH3 is 1. The minimum absolute atomic E-state index is 0.205. The van der Waals surface area contributed by atoms with E-state index in [0.717, 1.165) is 30.6 Å². The van der Waals surface area contributed by atoms with Crippen molar-refractivity contribution in [2.45, 2.75) is 25.8 Å². The van der Waals surface area contributed by atoms with Gasteiger partial charge in [-0.25, -0.2) is 0 Å². The van der Waals surface area contributed by atoms with Gasteiger partial charge in [-0.2, -0.15) is 0 Å². The number of ether oxygens (including phenoxy) is 1. The van der Waals surface area contributed by atoms with Gasteiger partial charge in [-0.1, -0.05) is 18.0 Å². The third kappa shape index (κ3) is 3.64. The third-order valence-electron chi connectivity index (χ3n) is 3.94. The molecule has 1 aliphatic carbocycles. The molecular formula is C15H20ClNO3. The van der Waals surface area contributed by atoms with Crippen molar-refractivity contribution in [2.24, 2.45) is 11.8 Å². The van der Waals surface area contributed by atoms with Gasteiger partial charge in [0.05, 0.1) is 13.0 Å². The van der Waals surface area contributed by atoms with E-state index in [9.17, 15) is 4.79 Å². The zero-order valence-corrected chi connectivity index (χ0v) is 12.3. The van der Waals surface area contributed by atoms with Gasteiger partial charge in [0.15, 0.2) is 0 Å². The highest BCUT2D eigenvalue weighted by molar-refractivity contribution is 6.30. The van der Waals surface area contributed by atoms with Gasteiger partial charge in [0, 0.05) is 17.1 Å². The summed E-state index contributed by atoms with van der Waals surface area (Å²) >= 11 is 5.98. The van der Waals surface area contributed by atoms with Crippen molar-refractivity contribution in [3.05, 3.63) is 28.8 Å². The summed E-state index contributed by atoms with van der Waals surface area (Å²) in [5, 5.41) is 13.2. The van der Waals surface area contributed by atoms with Gasteiger partial charge in [-0.05, 0) is 43.5 Å². The quantitative estimate of drug-likeness (QED) is 0.847. The molecule has 0 heterocycles. The standard InChI is InChI=1S/C15H20ClNO3/c1-20-14-6-5-12(16)7-11(14)9-17-8-10-3-2-4-13(10)15(18)19/h5-7,10,13,17H,2-4,8-9H2,1H3,(H,18,19). The number of carboxylic acids is 1. The average Bonchev–Trinajstić information content (AvgIpc) is 2.87. The first kappa shape index (κ1) is 15.1. The van der Waals surface area contributed by atoms with Crippen LogP contribution in [0, 0.1) is 11.8 Å². The Morgan fingerprint density at radius 2 is 2.30 bits per heavy atom. The summed E-state index contributed by atoms with van der Waals surface area (Å²) in [6.45, 7) is 1.35. The molecule has 20 heavy (non-hydrogen) atoms. The van der Waals surface area contributed by atoms with Crippen molar-refractivity contribution >= 4 is 17.6 Å². The second kappa shape index (κ2) is 6.95. The first-order valence-corrected chi connectivity index (χ1v) is 7.25. The average molecular weight is 298 g/mol. The van der Waals surface area contributed by atoms with Crippen LogP contribution in [-0.2, 0) is 11.3 Å². The molecule has 0 amide bonds. The largest absolute Gasteiger partial charge is 0.496 e.